The molecule has 3 rings (SSSR count). The van der Waals surface area contributed by atoms with Crippen LogP contribution in [0, 0.1) is 0 Å². The fraction of sp³-hybridized carbons (Fsp3) is 0.294. The highest BCUT2D eigenvalue weighted by Crippen LogP contribution is 2.38. The maximum absolute atomic E-state index is 6.05. The minimum Gasteiger partial charge on any atom is -0.323 e. The molecule has 1 N–H and O–H groups in total. The summed E-state index contributed by atoms with van der Waals surface area (Å²) in [6.45, 7) is 0. The molecule has 0 amide bonds. The number of rotatable bonds is 1. The first-order chi connectivity index (χ1) is 9.26. The van der Waals surface area contributed by atoms with Crippen LogP contribution in [-0.2, 0) is 6.42 Å². The average molecular weight is 274 g/mol. The summed E-state index contributed by atoms with van der Waals surface area (Å²) in [6.07, 6.45) is 2.40. The molecular weight excluding hydrogens is 254 g/mol. The van der Waals surface area contributed by atoms with Crippen LogP contribution in [0.3, 0.4) is 0 Å². The Balaban J connectivity index is 0.000000408. The fourth-order valence-corrected chi connectivity index (χ4v) is 2.83. The zero-order valence-electron chi connectivity index (χ0n) is 11.5. The molecule has 0 fully saturated rings. The first kappa shape index (κ1) is 14.1. The third kappa shape index (κ3) is 3.37. The van der Waals surface area contributed by atoms with Gasteiger partial charge in [-0.1, -0.05) is 48.0 Å². The average Bonchev–Trinajstić information content (AvgIpc) is 2.83. The Morgan fingerprint density at radius 3 is 2.53 bits per heavy atom. The van der Waals surface area contributed by atoms with Crippen LogP contribution in [0.5, 0.6) is 0 Å². The molecule has 1 nitrogen and oxygen atoms in total. The molecule has 0 bridgehead atoms. The van der Waals surface area contributed by atoms with Gasteiger partial charge in [0.25, 0.3) is 0 Å². The molecule has 1 aliphatic carbocycles. The van der Waals surface area contributed by atoms with Crippen LogP contribution in [0.2, 0.25) is 5.02 Å². The van der Waals surface area contributed by atoms with Gasteiger partial charge in [-0.2, -0.15) is 0 Å². The topological polar surface area (TPSA) is 12.0 Å². The summed E-state index contributed by atoms with van der Waals surface area (Å²) in [7, 11) is 3.75. The van der Waals surface area contributed by atoms with Crippen LogP contribution < -0.4 is 5.32 Å². The molecule has 2 heteroatoms. The van der Waals surface area contributed by atoms with E-state index in [1.165, 1.54) is 29.5 Å². The van der Waals surface area contributed by atoms with Gasteiger partial charge < -0.3 is 5.32 Å². The Kier molecular flexibility index (Phi) is 5.00. The van der Waals surface area contributed by atoms with E-state index in [4.69, 9.17) is 11.6 Å². The summed E-state index contributed by atoms with van der Waals surface area (Å²) >= 11 is 6.05. The monoisotopic (exact) mass is 273 g/mol. The number of nitrogens with one attached hydrogen (secondary N) is 1. The van der Waals surface area contributed by atoms with Crippen LogP contribution in [-0.4, -0.2) is 14.1 Å². The molecule has 0 aromatic heterocycles. The minimum atomic E-state index is 0.537. The van der Waals surface area contributed by atoms with Gasteiger partial charge >= 0.3 is 0 Å². The third-order valence-corrected chi connectivity index (χ3v) is 3.62. The first-order valence-electron chi connectivity index (χ1n) is 6.68. The summed E-state index contributed by atoms with van der Waals surface area (Å²) in [5.74, 6) is 0.537. The Hall–Kier alpha value is -1.31. The van der Waals surface area contributed by atoms with E-state index in [2.05, 4.69) is 41.7 Å². The Labute approximate surface area is 120 Å². The normalized spacial score (nSPS) is 16.5. The van der Waals surface area contributed by atoms with Crippen molar-refractivity contribution in [2.75, 3.05) is 14.1 Å². The summed E-state index contributed by atoms with van der Waals surface area (Å²) < 4.78 is 0. The van der Waals surface area contributed by atoms with E-state index in [1.54, 1.807) is 0 Å². The molecular formula is C17H20ClN. The van der Waals surface area contributed by atoms with E-state index in [-0.39, 0.29) is 0 Å². The second kappa shape index (κ2) is 6.74. The van der Waals surface area contributed by atoms with Gasteiger partial charge in [0.2, 0.25) is 0 Å². The Morgan fingerprint density at radius 2 is 1.79 bits per heavy atom. The number of hydrogen-bond acceptors (Lipinski definition) is 1. The zero-order chi connectivity index (χ0) is 13.7. The molecule has 0 saturated heterocycles. The van der Waals surface area contributed by atoms with Crippen molar-refractivity contribution in [1.29, 1.82) is 0 Å². The van der Waals surface area contributed by atoms with Crippen molar-refractivity contribution >= 4 is 11.6 Å². The summed E-state index contributed by atoms with van der Waals surface area (Å²) in [5, 5.41) is 3.59. The standard InChI is InChI=1S/C15H13Cl.C2H7N/c16-13-6-3-5-12(10-13)15-9-8-11-4-1-2-7-14(11)15;1-3-2/h1-7,10,15H,8-9H2;3H,1-2H3. The third-order valence-electron chi connectivity index (χ3n) is 3.38. The van der Waals surface area contributed by atoms with Gasteiger partial charge in [0.15, 0.2) is 0 Å². The molecule has 0 radical (unpaired) electrons. The number of aryl methyl sites for hydroxylation is 1. The maximum atomic E-state index is 6.05. The molecule has 1 unspecified atom stereocenters. The van der Waals surface area contributed by atoms with Crippen molar-refractivity contribution in [2.45, 2.75) is 18.8 Å². The van der Waals surface area contributed by atoms with Gasteiger partial charge in [0.1, 0.15) is 0 Å². The van der Waals surface area contributed by atoms with Crippen molar-refractivity contribution in [3.05, 3.63) is 70.2 Å². The molecule has 1 aliphatic rings. The van der Waals surface area contributed by atoms with Gasteiger partial charge in [-0.05, 0) is 55.8 Å². The lowest BCUT2D eigenvalue weighted by molar-refractivity contribution is 0.788. The predicted octanol–water partition coefficient (Wildman–Crippen LogP) is 4.25. The highest BCUT2D eigenvalue weighted by atomic mass is 35.5. The van der Waals surface area contributed by atoms with Gasteiger partial charge in [-0.25, -0.2) is 0 Å². The lowest BCUT2D eigenvalue weighted by Crippen LogP contribution is -1.95. The van der Waals surface area contributed by atoms with Crippen molar-refractivity contribution in [2.24, 2.45) is 0 Å². The number of hydrogen-bond donors (Lipinski definition) is 1. The lowest BCUT2D eigenvalue weighted by Gasteiger charge is -2.12. The summed E-state index contributed by atoms with van der Waals surface area (Å²) in [4.78, 5) is 0. The fourth-order valence-electron chi connectivity index (χ4n) is 2.63. The largest absolute Gasteiger partial charge is 0.323 e. The SMILES string of the molecule is CNC.Clc1cccc(C2CCc3ccccc32)c1. The number of halogens is 1. The number of benzene rings is 2. The van der Waals surface area contributed by atoms with Gasteiger partial charge in [0.05, 0.1) is 0 Å². The van der Waals surface area contributed by atoms with Gasteiger partial charge in [-0.15, -0.1) is 0 Å². The Morgan fingerprint density at radius 1 is 1.05 bits per heavy atom. The van der Waals surface area contributed by atoms with Crippen molar-refractivity contribution in [1.82, 2.24) is 5.32 Å². The lowest BCUT2D eigenvalue weighted by atomic mass is 9.93. The molecule has 2 aromatic rings. The molecule has 2 aromatic carbocycles. The molecule has 0 saturated carbocycles. The first-order valence-corrected chi connectivity index (χ1v) is 7.05. The van der Waals surface area contributed by atoms with Gasteiger partial charge in [-0.3, -0.25) is 0 Å². The highest BCUT2D eigenvalue weighted by molar-refractivity contribution is 6.30. The molecule has 1 atom stereocenters. The quantitative estimate of drug-likeness (QED) is 0.819. The molecule has 19 heavy (non-hydrogen) atoms. The molecule has 0 aliphatic heterocycles. The van der Waals surface area contributed by atoms with Crippen LogP contribution >= 0.6 is 11.6 Å². The highest BCUT2D eigenvalue weighted by Gasteiger charge is 2.23. The second-order valence-electron chi connectivity index (χ2n) is 4.85. The van der Waals surface area contributed by atoms with E-state index < -0.39 is 0 Å². The smallest absolute Gasteiger partial charge is 0.0408 e. The molecule has 0 spiro atoms. The van der Waals surface area contributed by atoms with Crippen LogP contribution in [0.25, 0.3) is 0 Å². The van der Waals surface area contributed by atoms with E-state index in [0.717, 1.165) is 5.02 Å². The number of fused-ring (bicyclic) bond motifs is 1. The van der Waals surface area contributed by atoms with E-state index in [0.29, 0.717) is 5.92 Å². The maximum Gasteiger partial charge on any atom is 0.0408 e. The van der Waals surface area contributed by atoms with E-state index >= 15 is 0 Å². The van der Waals surface area contributed by atoms with Crippen molar-refractivity contribution in [3.8, 4) is 0 Å². The van der Waals surface area contributed by atoms with E-state index in [1.807, 2.05) is 26.2 Å². The van der Waals surface area contributed by atoms with Gasteiger partial charge in [0, 0.05) is 10.9 Å². The summed E-state index contributed by atoms with van der Waals surface area (Å²) in [5.41, 5.74) is 4.31. The van der Waals surface area contributed by atoms with Crippen molar-refractivity contribution in [3.63, 3.8) is 0 Å². The van der Waals surface area contributed by atoms with E-state index in [9.17, 15) is 0 Å². The van der Waals surface area contributed by atoms with Crippen LogP contribution in [0.4, 0.5) is 0 Å². The zero-order valence-corrected chi connectivity index (χ0v) is 12.2. The molecule has 0 heterocycles. The minimum absolute atomic E-state index is 0.537. The summed E-state index contributed by atoms with van der Waals surface area (Å²) in [6, 6.07) is 17.0. The second-order valence-corrected chi connectivity index (χ2v) is 5.28. The predicted molar refractivity (Wildman–Crippen MR) is 83.0 cm³/mol. The Bertz CT molecular complexity index is 536. The van der Waals surface area contributed by atoms with Crippen LogP contribution in [0.1, 0.15) is 29.0 Å². The van der Waals surface area contributed by atoms with Crippen LogP contribution in [0.15, 0.2) is 48.5 Å². The molecule has 100 valence electrons. The van der Waals surface area contributed by atoms with Crippen molar-refractivity contribution < 1.29 is 0 Å².